The molecule has 1 unspecified atom stereocenters. The molecular formula is C12H9F2NaO3S. The third kappa shape index (κ3) is 3.97. The molecule has 0 fully saturated rings. The molecule has 0 aliphatic heterocycles. The second-order valence-corrected chi connectivity index (χ2v) is 4.45. The van der Waals surface area contributed by atoms with Crippen LogP contribution in [0.15, 0.2) is 41.3 Å². The predicted octanol–water partition coefficient (Wildman–Crippen LogP) is -0.274. The van der Waals surface area contributed by atoms with Crippen LogP contribution >= 0.6 is 0 Å². The first-order valence-corrected chi connectivity index (χ1v) is 6.19. The van der Waals surface area contributed by atoms with E-state index in [9.17, 15) is 17.5 Å². The van der Waals surface area contributed by atoms with E-state index in [1.165, 1.54) is 12.1 Å². The van der Waals surface area contributed by atoms with E-state index in [4.69, 9.17) is 4.74 Å². The Morgan fingerprint density at radius 1 is 1.16 bits per heavy atom. The summed E-state index contributed by atoms with van der Waals surface area (Å²) in [5.41, 5.74) is 0. The Bertz CT molecular complexity index is 592. The van der Waals surface area contributed by atoms with Gasteiger partial charge in [-0.15, -0.1) is 0 Å². The SMILES string of the molecule is O=S([O-])c1ccc(OCC(F)F)c2ccccc12.[Na+]. The van der Waals surface area contributed by atoms with Crippen molar-refractivity contribution in [2.45, 2.75) is 11.3 Å². The van der Waals surface area contributed by atoms with Gasteiger partial charge in [0.25, 0.3) is 6.43 Å². The normalized spacial score (nSPS) is 12.2. The zero-order valence-electron chi connectivity index (χ0n) is 10.1. The van der Waals surface area contributed by atoms with Crippen LogP contribution in [0.25, 0.3) is 10.8 Å². The molecule has 0 aromatic heterocycles. The third-order valence-electron chi connectivity index (χ3n) is 2.39. The molecule has 0 aliphatic carbocycles. The van der Waals surface area contributed by atoms with Crippen LogP contribution in [0.1, 0.15) is 0 Å². The van der Waals surface area contributed by atoms with Gasteiger partial charge in [0.1, 0.15) is 12.4 Å². The van der Waals surface area contributed by atoms with Crippen LogP contribution in [0.2, 0.25) is 0 Å². The van der Waals surface area contributed by atoms with Gasteiger partial charge in [-0.1, -0.05) is 24.3 Å². The van der Waals surface area contributed by atoms with Gasteiger partial charge in [-0.3, -0.25) is 4.21 Å². The summed E-state index contributed by atoms with van der Waals surface area (Å²) < 4.78 is 51.2. The molecule has 0 N–H and O–H groups in total. The first kappa shape index (κ1) is 16.5. The number of alkyl halides is 2. The summed E-state index contributed by atoms with van der Waals surface area (Å²) >= 11 is -2.38. The molecule has 2 rings (SSSR count). The van der Waals surface area contributed by atoms with Gasteiger partial charge < -0.3 is 9.29 Å². The maximum Gasteiger partial charge on any atom is 1.00 e. The molecule has 0 saturated carbocycles. The van der Waals surface area contributed by atoms with Crippen molar-refractivity contribution in [2.24, 2.45) is 0 Å². The van der Waals surface area contributed by atoms with Crippen molar-refractivity contribution in [3.63, 3.8) is 0 Å². The van der Waals surface area contributed by atoms with E-state index in [1.54, 1.807) is 24.3 Å². The molecule has 2 aromatic carbocycles. The molecule has 3 nitrogen and oxygen atoms in total. The molecule has 0 bridgehead atoms. The number of fused-ring (bicyclic) bond motifs is 1. The fraction of sp³-hybridized carbons (Fsp3) is 0.167. The number of hydrogen-bond acceptors (Lipinski definition) is 3. The molecule has 0 amide bonds. The number of hydrogen-bond donors (Lipinski definition) is 0. The minimum Gasteiger partial charge on any atom is -0.768 e. The largest absolute Gasteiger partial charge is 1.00 e. The van der Waals surface area contributed by atoms with Crippen molar-refractivity contribution < 1.29 is 51.8 Å². The van der Waals surface area contributed by atoms with Crippen LogP contribution in [0.5, 0.6) is 5.75 Å². The van der Waals surface area contributed by atoms with Crippen LogP contribution < -0.4 is 34.3 Å². The van der Waals surface area contributed by atoms with Gasteiger partial charge in [-0.05, 0) is 23.2 Å². The minimum absolute atomic E-state index is 0. The summed E-state index contributed by atoms with van der Waals surface area (Å²) in [5.74, 6) is 0.250. The smallest absolute Gasteiger partial charge is 0.768 e. The standard InChI is InChI=1S/C12H10F2O3S.Na/c13-12(14)7-17-10-5-6-11(18(15)16)9-4-2-1-3-8(9)10;/h1-6,12H,7H2,(H,15,16);/q;+1/p-1. The van der Waals surface area contributed by atoms with Crippen LogP contribution in [0.4, 0.5) is 8.78 Å². The van der Waals surface area contributed by atoms with Gasteiger partial charge in [0.2, 0.25) is 0 Å². The first-order chi connectivity index (χ1) is 8.59. The number of rotatable bonds is 4. The van der Waals surface area contributed by atoms with E-state index in [0.717, 1.165) is 0 Å². The molecule has 0 aliphatic rings. The molecular weight excluding hydrogens is 285 g/mol. The summed E-state index contributed by atoms with van der Waals surface area (Å²) in [6.07, 6.45) is -2.57. The third-order valence-corrected chi connectivity index (χ3v) is 3.10. The average molecular weight is 294 g/mol. The molecule has 1 atom stereocenters. The van der Waals surface area contributed by atoms with E-state index < -0.39 is 24.1 Å². The van der Waals surface area contributed by atoms with Crippen LogP contribution in [-0.2, 0) is 11.1 Å². The van der Waals surface area contributed by atoms with Gasteiger partial charge >= 0.3 is 29.6 Å². The van der Waals surface area contributed by atoms with Gasteiger partial charge in [-0.25, -0.2) is 8.78 Å². The first-order valence-electron chi connectivity index (χ1n) is 5.11. The summed E-state index contributed by atoms with van der Waals surface area (Å²) in [5, 5.41) is 0.956. The maximum absolute atomic E-state index is 12.1. The second-order valence-electron chi connectivity index (χ2n) is 3.54. The van der Waals surface area contributed by atoms with Gasteiger partial charge in [0, 0.05) is 15.7 Å². The van der Waals surface area contributed by atoms with Crippen LogP contribution in [-0.4, -0.2) is 21.8 Å². The van der Waals surface area contributed by atoms with Crippen molar-refractivity contribution in [1.82, 2.24) is 0 Å². The zero-order valence-corrected chi connectivity index (χ0v) is 13.0. The van der Waals surface area contributed by atoms with Gasteiger partial charge in [-0.2, -0.15) is 0 Å². The second kappa shape index (κ2) is 7.31. The summed E-state index contributed by atoms with van der Waals surface area (Å²) in [6, 6.07) is 9.33. The maximum atomic E-state index is 12.1. The number of ether oxygens (including phenoxy) is 1. The van der Waals surface area contributed by atoms with Crippen LogP contribution in [0.3, 0.4) is 0 Å². The van der Waals surface area contributed by atoms with Crippen molar-refractivity contribution >= 4 is 21.9 Å². The molecule has 0 spiro atoms. The Hall–Kier alpha value is -0.530. The molecule has 0 heterocycles. The van der Waals surface area contributed by atoms with Crippen molar-refractivity contribution in [3.05, 3.63) is 36.4 Å². The molecule has 2 aromatic rings. The number of halogens is 2. The predicted molar refractivity (Wildman–Crippen MR) is 62.6 cm³/mol. The molecule has 96 valence electrons. The Morgan fingerprint density at radius 3 is 2.37 bits per heavy atom. The number of benzene rings is 2. The van der Waals surface area contributed by atoms with E-state index in [-0.39, 0.29) is 40.2 Å². The van der Waals surface area contributed by atoms with E-state index in [2.05, 4.69) is 0 Å². The summed E-state index contributed by atoms with van der Waals surface area (Å²) in [4.78, 5) is 0.120. The molecule has 0 radical (unpaired) electrons. The Morgan fingerprint density at radius 2 is 1.79 bits per heavy atom. The summed E-state index contributed by atoms with van der Waals surface area (Å²) in [6.45, 7) is -0.718. The summed E-state index contributed by atoms with van der Waals surface area (Å²) in [7, 11) is 0. The Balaban J connectivity index is 0.00000180. The minimum atomic E-state index is -2.57. The van der Waals surface area contributed by atoms with Crippen LogP contribution in [0, 0.1) is 0 Å². The fourth-order valence-corrected chi connectivity index (χ4v) is 2.20. The fourth-order valence-electron chi connectivity index (χ4n) is 1.67. The van der Waals surface area contributed by atoms with E-state index in [0.29, 0.717) is 10.8 Å². The molecule has 7 heteroatoms. The Kier molecular flexibility index (Phi) is 6.35. The van der Waals surface area contributed by atoms with Crippen molar-refractivity contribution in [3.8, 4) is 5.75 Å². The Labute approximate surface area is 133 Å². The quantitative estimate of drug-likeness (QED) is 0.576. The zero-order chi connectivity index (χ0) is 13.1. The van der Waals surface area contributed by atoms with E-state index >= 15 is 0 Å². The van der Waals surface area contributed by atoms with Gasteiger partial charge in [0.05, 0.1) is 0 Å². The van der Waals surface area contributed by atoms with E-state index in [1.807, 2.05) is 0 Å². The van der Waals surface area contributed by atoms with Crippen molar-refractivity contribution in [2.75, 3.05) is 6.61 Å². The topological polar surface area (TPSA) is 49.4 Å². The average Bonchev–Trinajstić information content (AvgIpc) is 2.35. The monoisotopic (exact) mass is 294 g/mol. The van der Waals surface area contributed by atoms with Crippen molar-refractivity contribution in [1.29, 1.82) is 0 Å². The van der Waals surface area contributed by atoms with Gasteiger partial charge in [0.15, 0.2) is 0 Å². The molecule has 19 heavy (non-hydrogen) atoms. The molecule has 0 saturated heterocycles.